The minimum atomic E-state index is -0.586. The SMILES string of the molecule is CCOC(=O)C1=C(N)OC2=C(C(=O)C[C@@H](c3ccccc3)C2)[C@@H]1c1ccc(C)cc1. The van der Waals surface area contributed by atoms with Crippen molar-refractivity contribution >= 4 is 11.8 Å². The average molecular weight is 403 g/mol. The Kier molecular flexibility index (Phi) is 5.44. The number of Topliss-reactive ketones (excluding diaryl/α,β-unsaturated/α-hetero) is 1. The highest BCUT2D eigenvalue weighted by atomic mass is 16.5. The molecule has 0 fully saturated rings. The summed E-state index contributed by atoms with van der Waals surface area (Å²) in [4.78, 5) is 26.1. The molecule has 0 radical (unpaired) electrons. The predicted molar refractivity (Wildman–Crippen MR) is 113 cm³/mol. The Labute approximate surface area is 176 Å². The van der Waals surface area contributed by atoms with Gasteiger partial charge in [0.2, 0.25) is 5.88 Å². The van der Waals surface area contributed by atoms with Crippen molar-refractivity contribution in [2.75, 3.05) is 6.61 Å². The second kappa shape index (κ2) is 8.19. The van der Waals surface area contributed by atoms with Crippen LogP contribution in [0.4, 0.5) is 0 Å². The number of hydrogen-bond donors (Lipinski definition) is 1. The highest BCUT2D eigenvalue weighted by Crippen LogP contribution is 2.47. The largest absolute Gasteiger partial charge is 0.462 e. The molecule has 0 spiro atoms. The van der Waals surface area contributed by atoms with Crippen LogP contribution in [-0.2, 0) is 19.1 Å². The molecule has 4 rings (SSSR count). The smallest absolute Gasteiger partial charge is 0.340 e. The maximum absolute atomic E-state index is 13.3. The summed E-state index contributed by atoms with van der Waals surface area (Å²) in [7, 11) is 0. The van der Waals surface area contributed by atoms with Gasteiger partial charge in [-0.25, -0.2) is 4.79 Å². The first-order chi connectivity index (χ1) is 14.5. The zero-order valence-corrected chi connectivity index (χ0v) is 17.2. The van der Waals surface area contributed by atoms with Gasteiger partial charge in [-0.2, -0.15) is 0 Å². The molecule has 1 aliphatic heterocycles. The van der Waals surface area contributed by atoms with Crippen molar-refractivity contribution in [2.45, 2.75) is 38.5 Å². The van der Waals surface area contributed by atoms with Crippen molar-refractivity contribution in [3.63, 3.8) is 0 Å². The molecule has 30 heavy (non-hydrogen) atoms. The van der Waals surface area contributed by atoms with Gasteiger partial charge in [-0.05, 0) is 30.9 Å². The van der Waals surface area contributed by atoms with E-state index in [1.54, 1.807) is 6.92 Å². The topological polar surface area (TPSA) is 78.6 Å². The number of hydrogen-bond acceptors (Lipinski definition) is 5. The molecule has 5 heteroatoms. The van der Waals surface area contributed by atoms with Crippen molar-refractivity contribution in [1.29, 1.82) is 0 Å². The van der Waals surface area contributed by atoms with Gasteiger partial charge in [-0.3, -0.25) is 4.79 Å². The van der Waals surface area contributed by atoms with Gasteiger partial charge in [0.25, 0.3) is 0 Å². The fraction of sp³-hybridized carbons (Fsp3) is 0.280. The number of ether oxygens (including phenoxy) is 2. The Hall–Kier alpha value is -3.34. The van der Waals surface area contributed by atoms with Gasteiger partial charge in [0.15, 0.2) is 5.78 Å². The molecule has 2 atom stereocenters. The second-order valence-electron chi connectivity index (χ2n) is 7.72. The quantitative estimate of drug-likeness (QED) is 0.773. The van der Waals surface area contributed by atoms with Crippen molar-refractivity contribution < 1.29 is 19.1 Å². The van der Waals surface area contributed by atoms with Crippen LogP contribution in [0.25, 0.3) is 0 Å². The van der Waals surface area contributed by atoms with Crippen molar-refractivity contribution in [1.82, 2.24) is 0 Å². The van der Waals surface area contributed by atoms with Crippen molar-refractivity contribution in [3.05, 3.63) is 94.1 Å². The number of allylic oxidation sites excluding steroid dienone is 2. The van der Waals surface area contributed by atoms with E-state index >= 15 is 0 Å². The van der Waals surface area contributed by atoms with E-state index in [9.17, 15) is 9.59 Å². The summed E-state index contributed by atoms with van der Waals surface area (Å²) in [5.41, 5.74) is 9.94. The van der Waals surface area contributed by atoms with Gasteiger partial charge in [-0.15, -0.1) is 0 Å². The fourth-order valence-electron chi connectivity index (χ4n) is 4.27. The summed E-state index contributed by atoms with van der Waals surface area (Å²) in [6, 6.07) is 17.7. The average Bonchev–Trinajstić information content (AvgIpc) is 2.74. The molecule has 1 aliphatic carbocycles. The Morgan fingerprint density at radius 1 is 1.07 bits per heavy atom. The van der Waals surface area contributed by atoms with Crippen LogP contribution >= 0.6 is 0 Å². The third kappa shape index (κ3) is 3.63. The Balaban J connectivity index is 1.80. The monoisotopic (exact) mass is 403 g/mol. The lowest BCUT2D eigenvalue weighted by molar-refractivity contribution is -0.139. The molecular weight excluding hydrogens is 378 g/mol. The van der Waals surface area contributed by atoms with Gasteiger partial charge < -0.3 is 15.2 Å². The Bertz CT molecular complexity index is 1030. The summed E-state index contributed by atoms with van der Waals surface area (Å²) >= 11 is 0. The highest BCUT2D eigenvalue weighted by molar-refractivity contribution is 6.03. The molecule has 0 aromatic heterocycles. The van der Waals surface area contributed by atoms with Crippen LogP contribution in [-0.4, -0.2) is 18.4 Å². The molecule has 0 saturated heterocycles. The molecule has 154 valence electrons. The number of esters is 1. The second-order valence-corrected chi connectivity index (χ2v) is 7.72. The van der Waals surface area contributed by atoms with E-state index in [1.807, 2.05) is 61.5 Å². The molecule has 1 heterocycles. The number of rotatable bonds is 4. The third-order valence-corrected chi connectivity index (χ3v) is 5.72. The van der Waals surface area contributed by atoms with E-state index in [1.165, 1.54) is 0 Å². The number of carbonyl (C=O) groups excluding carboxylic acids is 2. The zero-order valence-electron chi connectivity index (χ0n) is 17.2. The van der Waals surface area contributed by atoms with E-state index in [0.29, 0.717) is 24.2 Å². The molecule has 0 unspecified atom stereocenters. The van der Waals surface area contributed by atoms with Gasteiger partial charge >= 0.3 is 5.97 Å². The molecule has 0 saturated carbocycles. The summed E-state index contributed by atoms with van der Waals surface area (Å²) in [6.07, 6.45) is 0.925. The minimum Gasteiger partial charge on any atom is -0.462 e. The lowest BCUT2D eigenvalue weighted by Crippen LogP contribution is -2.33. The van der Waals surface area contributed by atoms with Crippen LogP contribution in [0.5, 0.6) is 0 Å². The Morgan fingerprint density at radius 2 is 1.77 bits per heavy atom. The van der Waals surface area contributed by atoms with Crippen LogP contribution in [0.15, 0.2) is 77.4 Å². The van der Waals surface area contributed by atoms with Gasteiger partial charge in [0, 0.05) is 18.4 Å². The predicted octanol–water partition coefficient (Wildman–Crippen LogP) is 4.24. The number of benzene rings is 2. The summed E-state index contributed by atoms with van der Waals surface area (Å²) in [6.45, 7) is 3.94. The Morgan fingerprint density at radius 3 is 2.43 bits per heavy atom. The first-order valence-electron chi connectivity index (χ1n) is 10.2. The molecule has 0 bridgehead atoms. The van der Waals surface area contributed by atoms with E-state index in [4.69, 9.17) is 15.2 Å². The normalized spacial score (nSPS) is 21.2. The number of aryl methyl sites for hydroxylation is 1. The number of carbonyl (C=O) groups is 2. The van der Waals surface area contributed by atoms with Gasteiger partial charge in [0.05, 0.1) is 12.5 Å². The molecule has 5 nitrogen and oxygen atoms in total. The maximum Gasteiger partial charge on any atom is 0.340 e. The molecule has 2 aromatic carbocycles. The zero-order chi connectivity index (χ0) is 21.3. The lowest BCUT2D eigenvalue weighted by atomic mass is 9.73. The van der Waals surface area contributed by atoms with E-state index in [-0.39, 0.29) is 29.8 Å². The van der Waals surface area contributed by atoms with Gasteiger partial charge in [-0.1, -0.05) is 60.2 Å². The van der Waals surface area contributed by atoms with E-state index < -0.39 is 11.9 Å². The minimum absolute atomic E-state index is 0.0132. The van der Waals surface area contributed by atoms with Crippen LogP contribution in [0, 0.1) is 6.92 Å². The van der Waals surface area contributed by atoms with Crippen molar-refractivity contribution in [3.8, 4) is 0 Å². The fourth-order valence-corrected chi connectivity index (χ4v) is 4.27. The highest BCUT2D eigenvalue weighted by Gasteiger charge is 2.43. The van der Waals surface area contributed by atoms with Gasteiger partial charge in [0.1, 0.15) is 11.3 Å². The van der Waals surface area contributed by atoms with Crippen LogP contribution in [0.2, 0.25) is 0 Å². The number of ketones is 1. The van der Waals surface area contributed by atoms with E-state index in [0.717, 1.165) is 16.7 Å². The lowest BCUT2D eigenvalue weighted by Gasteiger charge is -2.35. The molecule has 0 amide bonds. The van der Waals surface area contributed by atoms with Crippen LogP contribution in [0.1, 0.15) is 48.3 Å². The third-order valence-electron chi connectivity index (χ3n) is 5.72. The van der Waals surface area contributed by atoms with E-state index in [2.05, 4.69) is 0 Å². The summed E-state index contributed by atoms with van der Waals surface area (Å²) in [5.74, 6) is -0.573. The maximum atomic E-state index is 13.3. The molecular formula is C25H25NO4. The standard InChI is InChI=1S/C25H25NO4/c1-3-29-25(28)23-21(17-11-9-15(2)10-12-17)22-19(27)13-18(14-20(22)30-24(23)26)16-7-5-4-6-8-16/h4-12,18,21H,3,13-14,26H2,1-2H3/t18-,21+/m1/s1. The van der Waals surface area contributed by atoms with Crippen molar-refractivity contribution in [2.24, 2.45) is 5.73 Å². The summed E-state index contributed by atoms with van der Waals surface area (Å²) < 4.78 is 11.1. The first-order valence-corrected chi connectivity index (χ1v) is 10.2. The molecule has 2 aromatic rings. The molecule has 2 N–H and O–H groups in total. The van der Waals surface area contributed by atoms with Crippen LogP contribution < -0.4 is 5.73 Å². The van der Waals surface area contributed by atoms with Crippen LogP contribution in [0.3, 0.4) is 0 Å². The number of nitrogens with two attached hydrogens (primary N) is 1. The summed E-state index contributed by atoms with van der Waals surface area (Å²) in [5, 5.41) is 0. The first kappa shape index (κ1) is 20.0. The molecule has 2 aliphatic rings.